The normalized spacial score (nSPS) is 13.4. The fourth-order valence-corrected chi connectivity index (χ4v) is 3.12. The number of ether oxygens (including phenoxy) is 1. The summed E-state index contributed by atoms with van der Waals surface area (Å²) in [5.74, 6) is 0.431. The molecule has 2 amide bonds. The number of carbonyl (C=O) groups is 2. The molecule has 0 fully saturated rings. The van der Waals surface area contributed by atoms with Crippen LogP contribution in [-0.2, 0) is 0 Å². The summed E-state index contributed by atoms with van der Waals surface area (Å²) in [6.45, 7) is 0. The van der Waals surface area contributed by atoms with Crippen molar-refractivity contribution in [3.05, 3.63) is 70.7 Å². The minimum Gasteiger partial charge on any atom is -0.457 e. The van der Waals surface area contributed by atoms with Crippen LogP contribution < -0.4 is 10.2 Å². The molecule has 1 N–H and O–H groups in total. The number of amides is 2. The smallest absolute Gasteiger partial charge is 0.275 e. The van der Waals surface area contributed by atoms with Crippen molar-refractivity contribution in [1.29, 1.82) is 0 Å². The SMILES string of the molecule is CNN1C(=O)c2cccc3c(Oc4ccc(Cl)cc4)ccc(c23)C1=O. The lowest BCUT2D eigenvalue weighted by molar-refractivity contribution is 0.0540. The number of halogens is 1. The molecule has 0 unspecified atom stereocenters. The van der Waals surface area contributed by atoms with Crippen LogP contribution in [0.25, 0.3) is 10.8 Å². The molecular weight excluding hydrogens is 340 g/mol. The van der Waals surface area contributed by atoms with Gasteiger partial charge in [-0.05, 0) is 42.5 Å². The van der Waals surface area contributed by atoms with E-state index in [4.69, 9.17) is 16.3 Å². The van der Waals surface area contributed by atoms with E-state index in [2.05, 4.69) is 5.43 Å². The molecule has 124 valence electrons. The number of imide groups is 1. The van der Waals surface area contributed by atoms with Crippen molar-refractivity contribution in [3.63, 3.8) is 0 Å². The molecule has 25 heavy (non-hydrogen) atoms. The molecule has 4 rings (SSSR count). The first kappa shape index (κ1) is 15.6. The third-order valence-corrected chi connectivity index (χ3v) is 4.38. The Hall–Kier alpha value is -2.89. The summed E-state index contributed by atoms with van der Waals surface area (Å²) in [4.78, 5) is 25.1. The van der Waals surface area contributed by atoms with Gasteiger partial charge < -0.3 is 4.74 Å². The van der Waals surface area contributed by atoms with E-state index in [9.17, 15) is 9.59 Å². The Morgan fingerprint density at radius 3 is 2.28 bits per heavy atom. The zero-order chi connectivity index (χ0) is 17.6. The number of rotatable bonds is 3. The minimum absolute atomic E-state index is 0.380. The summed E-state index contributed by atoms with van der Waals surface area (Å²) in [6.07, 6.45) is 0. The zero-order valence-electron chi connectivity index (χ0n) is 13.2. The number of hydrogen-bond donors (Lipinski definition) is 1. The molecule has 3 aromatic rings. The number of carbonyl (C=O) groups excluding carboxylic acids is 2. The molecule has 0 aliphatic carbocycles. The Bertz CT molecular complexity index is 993. The molecule has 1 aliphatic heterocycles. The van der Waals surface area contributed by atoms with Crippen molar-refractivity contribution in [2.75, 3.05) is 7.05 Å². The quantitative estimate of drug-likeness (QED) is 0.723. The Labute approximate surface area is 148 Å². The van der Waals surface area contributed by atoms with Gasteiger partial charge in [-0.15, -0.1) is 0 Å². The van der Waals surface area contributed by atoms with E-state index in [1.807, 2.05) is 6.07 Å². The average molecular weight is 353 g/mol. The molecule has 0 saturated carbocycles. The maximum atomic E-state index is 12.5. The fourth-order valence-electron chi connectivity index (χ4n) is 2.99. The minimum atomic E-state index is -0.380. The number of hydrazine groups is 1. The molecule has 0 spiro atoms. The van der Waals surface area contributed by atoms with Crippen LogP contribution in [0.15, 0.2) is 54.6 Å². The van der Waals surface area contributed by atoms with Crippen molar-refractivity contribution in [2.24, 2.45) is 0 Å². The summed E-state index contributed by atoms with van der Waals surface area (Å²) in [5, 5.41) is 2.95. The van der Waals surface area contributed by atoms with Crippen molar-refractivity contribution in [2.45, 2.75) is 0 Å². The van der Waals surface area contributed by atoms with Crippen molar-refractivity contribution in [3.8, 4) is 11.5 Å². The van der Waals surface area contributed by atoms with Crippen LogP contribution >= 0.6 is 11.6 Å². The topological polar surface area (TPSA) is 58.6 Å². The molecule has 1 heterocycles. The second-order valence-electron chi connectivity index (χ2n) is 5.56. The molecule has 0 atom stereocenters. The zero-order valence-corrected chi connectivity index (χ0v) is 14.0. The molecule has 0 bridgehead atoms. The predicted molar refractivity (Wildman–Crippen MR) is 95.0 cm³/mol. The van der Waals surface area contributed by atoms with Gasteiger partial charge in [0.2, 0.25) is 0 Å². The first-order valence-electron chi connectivity index (χ1n) is 7.65. The fraction of sp³-hybridized carbons (Fsp3) is 0.0526. The third-order valence-electron chi connectivity index (χ3n) is 4.13. The van der Waals surface area contributed by atoms with Gasteiger partial charge in [0.1, 0.15) is 11.5 Å². The molecule has 1 aliphatic rings. The molecule has 0 saturated heterocycles. The third kappa shape index (κ3) is 2.45. The van der Waals surface area contributed by atoms with Crippen LogP contribution in [0.4, 0.5) is 0 Å². The molecule has 5 nitrogen and oxygen atoms in total. The van der Waals surface area contributed by atoms with Gasteiger partial charge in [-0.25, -0.2) is 10.4 Å². The molecule has 3 aromatic carbocycles. The highest BCUT2D eigenvalue weighted by Crippen LogP contribution is 2.37. The Morgan fingerprint density at radius 1 is 0.920 bits per heavy atom. The van der Waals surface area contributed by atoms with Crippen LogP contribution in [0, 0.1) is 0 Å². The average Bonchev–Trinajstić information content (AvgIpc) is 2.63. The van der Waals surface area contributed by atoms with Gasteiger partial charge >= 0.3 is 0 Å². The first-order chi connectivity index (χ1) is 12.1. The Balaban J connectivity index is 1.89. The Kier molecular flexibility index (Phi) is 3.67. The van der Waals surface area contributed by atoms with E-state index in [0.717, 1.165) is 5.01 Å². The summed E-state index contributed by atoms with van der Waals surface area (Å²) in [5.41, 5.74) is 3.56. The summed E-state index contributed by atoms with van der Waals surface area (Å²) in [7, 11) is 1.54. The largest absolute Gasteiger partial charge is 0.457 e. The lowest BCUT2D eigenvalue weighted by Crippen LogP contribution is -2.47. The highest BCUT2D eigenvalue weighted by molar-refractivity contribution is 6.30. The van der Waals surface area contributed by atoms with E-state index in [-0.39, 0.29) is 11.8 Å². The van der Waals surface area contributed by atoms with Crippen LogP contribution in [0.5, 0.6) is 11.5 Å². The van der Waals surface area contributed by atoms with Crippen LogP contribution in [0.1, 0.15) is 20.7 Å². The second-order valence-corrected chi connectivity index (χ2v) is 6.00. The second kappa shape index (κ2) is 5.88. The van der Waals surface area contributed by atoms with Gasteiger partial charge in [0, 0.05) is 22.8 Å². The van der Waals surface area contributed by atoms with Gasteiger partial charge in [0.05, 0.1) is 11.1 Å². The van der Waals surface area contributed by atoms with Crippen molar-refractivity contribution >= 4 is 34.2 Å². The lowest BCUT2D eigenvalue weighted by atomic mass is 9.94. The van der Waals surface area contributed by atoms with E-state index in [1.165, 1.54) is 0 Å². The summed E-state index contributed by atoms with van der Waals surface area (Å²) >= 11 is 5.90. The number of nitrogens with zero attached hydrogens (tertiary/aromatic N) is 1. The standard InChI is InChI=1S/C19H13ClN2O3/c1-21-22-18(23)14-4-2-3-13-16(10-9-15(17(13)14)19(22)24)25-12-7-5-11(20)6-8-12/h2-10,21H,1H3. The first-order valence-corrected chi connectivity index (χ1v) is 8.03. The van der Waals surface area contributed by atoms with Gasteiger partial charge in [-0.1, -0.05) is 23.7 Å². The molecular formula is C19H13ClN2O3. The van der Waals surface area contributed by atoms with E-state index >= 15 is 0 Å². The number of nitrogens with one attached hydrogen (secondary N) is 1. The molecule has 6 heteroatoms. The van der Waals surface area contributed by atoms with Gasteiger partial charge in [0.15, 0.2) is 0 Å². The predicted octanol–water partition coefficient (Wildman–Crippen LogP) is 4.02. The van der Waals surface area contributed by atoms with E-state index < -0.39 is 0 Å². The maximum Gasteiger partial charge on any atom is 0.275 e. The van der Waals surface area contributed by atoms with Crippen LogP contribution in [-0.4, -0.2) is 23.9 Å². The highest BCUT2D eigenvalue weighted by Gasteiger charge is 2.32. The van der Waals surface area contributed by atoms with E-state index in [0.29, 0.717) is 38.4 Å². The van der Waals surface area contributed by atoms with Gasteiger partial charge in [-0.3, -0.25) is 9.59 Å². The van der Waals surface area contributed by atoms with Crippen molar-refractivity contribution in [1.82, 2.24) is 10.4 Å². The molecule has 0 aromatic heterocycles. The van der Waals surface area contributed by atoms with Gasteiger partial charge in [0.25, 0.3) is 11.8 Å². The maximum absolute atomic E-state index is 12.5. The van der Waals surface area contributed by atoms with Crippen molar-refractivity contribution < 1.29 is 14.3 Å². The lowest BCUT2D eigenvalue weighted by Gasteiger charge is -2.26. The van der Waals surface area contributed by atoms with Crippen LogP contribution in [0.3, 0.4) is 0 Å². The van der Waals surface area contributed by atoms with Crippen LogP contribution in [0.2, 0.25) is 5.02 Å². The Morgan fingerprint density at radius 2 is 1.60 bits per heavy atom. The van der Waals surface area contributed by atoms with E-state index in [1.54, 1.807) is 55.6 Å². The summed E-state index contributed by atoms with van der Waals surface area (Å²) in [6, 6.07) is 15.7. The molecule has 0 radical (unpaired) electrons. The number of hydrogen-bond acceptors (Lipinski definition) is 4. The monoisotopic (exact) mass is 352 g/mol. The highest BCUT2D eigenvalue weighted by atomic mass is 35.5. The summed E-state index contributed by atoms with van der Waals surface area (Å²) < 4.78 is 5.94. The number of benzene rings is 3. The van der Waals surface area contributed by atoms with Gasteiger partial charge in [-0.2, -0.15) is 0 Å².